The second kappa shape index (κ2) is 47.0. The lowest BCUT2D eigenvalue weighted by atomic mass is 9.88. The Morgan fingerprint density at radius 3 is 1.30 bits per heavy atom. The van der Waals surface area contributed by atoms with E-state index in [1.165, 1.54) is 49.3 Å². The monoisotopic (exact) mass is 2030 g/mol. The standard InChI is InChI=1S/C42H44N3O6P.C30H36N7O11P.C30H37N4O8P/c1-7-22-49-52(45(25(3)4)26(5)6)51-38-37-40(50-42(38,8-2)24-48-37)44-23-29(39(46)43-41(44)47)19-18-27-20-21-34-32-16-10-13-28-12-9-15-31(35(28)32)33-17-11-14-30(27)36(33)34;1-7-30-17-45-24(25(30)48-49(46-14-13-31-6)35(18(2)3)19(4)5)28(47-30)34-16-20(26(38)33-29(34)40)9-8-12-32-27(39)22-11-10-21(36(41)42)15-23(22)37(43)44;1-7-30-19-39-24(25(30)42-43(40-17-15-31-6)34(20(2)3)21(4)5)27(41-30)33-18-23(26(35)32-29(33)37)14-11-16-38-28(36)22-12-9-8-10-13-22/h9-17,20-21,23,25-26,37-38,40H,7-8,22,24H2,1-6H3,(H,43,46,47);10-11,15-16,18-19,24-25,28H,7,12-14,17H2,1-5H3,(H,32,39)(H,33,38,40);8-10,12-13,18,20-21,24-25,27H,7,15-17,19H2,1-5H3,(H,32,35,37)/t37?,38-,40+,42+,52?;24?,25-,28+,30+,49?;24?,25-,27+,30+,43?/m000/s1. The maximum absolute atomic E-state index is 13.4. The Morgan fingerprint density at radius 1 is 0.493 bits per heavy atom. The number of nitro groups is 2. The Labute approximate surface area is 834 Å². The van der Waals surface area contributed by atoms with E-state index in [1.54, 1.807) is 30.3 Å². The molecule has 0 radical (unpaired) electrons. The zero-order valence-electron chi connectivity index (χ0n) is 82.8. The number of ether oxygens (including phenoxy) is 7. The smallest absolute Gasteiger partial charge is 0.339 e. The highest BCUT2D eigenvalue weighted by atomic mass is 31.2. The van der Waals surface area contributed by atoms with Gasteiger partial charge in [-0.3, -0.25) is 68.1 Å². The maximum atomic E-state index is 13.4. The molecule has 6 aliphatic rings. The van der Waals surface area contributed by atoms with Gasteiger partial charge in [-0.25, -0.2) is 46.3 Å². The van der Waals surface area contributed by atoms with Crippen LogP contribution in [0.3, 0.4) is 0 Å². The molecule has 3 aromatic heterocycles. The molecule has 10 aromatic rings. The molecule has 0 spiro atoms. The fourth-order valence-corrected chi connectivity index (χ4v) is 24.4. The van der Waals surface area contributed by atoms with Crippen LogP contribution in [-0.2, 0) is 60.3 Å². The fraction of sp³-hybridized carbons (Fsp3) is 0.471. The summed E-state index contributed by atoms with van der Waals surface area (Å²) in [7, 11) is -4.70. The average molecular weight is 2030 g/mol. The van der Waals surface area contributed by atoms with Crippen LogP contribution >= 0.6 is 25.6 Å². The summed E-state index contributed by atoms with van der Waals surface area (Å²) in [6, 6.07) is 35.0. The molecule has 4 N–H and O–H groups in total. The average Bonchev–Trinajstić information content (AvgIpc) is 1.07. The molecule has 6 saturated heterocycles. The third-order valence-corrected chi connectivity index (χ3v) is 31.9. The number of carbonyl (C=O) groups excluding carboxylic acids is 2. The molecule has 0 aliphatic carbocycles. The molecule has 6 bridgehead atoms. The molecule has 1 amide bonds. The Balaban J connectivity index is 0.000000172. The highest BCUT2D eigenvalue weighted by Crippen LogP contribution is 2.60. The lowest BCUT2D eigenvalue weighted by Gasteiger charge is -2.38. The van der Waals surface area contributed by atoms with E-state index in [0.29, 0.717) is 44.1 Å². The van der Waals surface area contributed by atoms with Gasteiger partial charge in [0.15, 0.2) is 25.3 Å². The highest BCUT2D eigenvalue weighted by Gasteiger charge is 2.66. The van der Waals surface area contributed by atoms with Gasteiger partial charge in [0.25, 0.3) is 59.5 Å². The Morgan fingerprint density at radius 2 is 0.889 bits per heavy atom. The molecule has 760 valence electrons. The largest absolute Gasteiger partial charge is 0.449 e. The number of carbonyl (C=O) groups is 2. The van der Waals surface area contributed by atoms with Crippen LogP contribution in [0.2, 0.25) is 0 Å². The van der Waals surface area contributed by atoms with Crippen molar-refractivity contribution in [1.82, 2.24) is 48.0 Å². The number of fused-ring (bicyclic) bond motifs is 8. The number of nitrogens with one attached hydrogen (secondary N) is 4. The topological polar surface area (TPSA) is 435 Å². The zero-order valence-corrected chi connectivity index (χ0v) is 85.5. The number of non-ortho nitro benzene ring substituents is 1. The molecule has 144 heavy (non-hydrogen) atoms. The molecule has 6 fully saturated rings. The Hall–Kier alpha value is -12.0. The quantitative estimate of drug-likeness (QED) is 0.00326. The van der Waals surface area contributed by atoms with E-state index in [1.807, 2.05) is 54.5 Å². The van der Waals surface area contributed by atoms with Crippen molar-refractivity contribution in [2.45, 2.75) is 245 Å². The van der Waals surface area contributed by atoms with Gasteiger partial charge in [0.05, 0.1) is 54.4 Å². The van der Waals surface area contributed by atoms with E-state index in [4.69, 9.17) is 73.4 Å². The first kappa shape index (κ1) is 108. The first-order valence-electron chi connectivity index (χ1n) is 47.8. The number of esters is 1. The van der Waals surface area contributed by atoms with Crippen molar-refractivity contribution in [1.29, 1.82) is 0 Å². The van der Waals surface area contributed by atoms with Crippen LogP contribution in [0, 0.1) is 68.9 Å². The van der Waals surface area contributed by atoms with Gasteiger partial charge in [-0.05, 0) is 176 Å². The Bertz CT molecular complexity index is 7010. The van der Waals surface area contributed by atoms with E-state index < -0.39 is 170 Å². The fourth-order valence-electron chi connectivity index (χ4n) is 18.9. The van der Waals surface area contributed by atoms with Crippen LogP contribution in [0.15, 0.2) is 163 Å². The molecule has 15 atom stereocenters. The first-order valence-corrected chi connectivity index (χ1v) is 51.2. The molecular weight excluding hydrogens is 1910 g/mol. The van der Waals surface area contributed by atoms with Crippen LogP contribution in [-0.4, -0.2) is 220 Å². The number of amides is 1. The number of nitro benzene ring substituents is 2. The van der Waals surface area contributed by atoms with Crippen molar-refractivity contribution in [2.24, 2.45) is 0 Å². The molecule has 39 nitrogen and oxygen atoms in total. The predicted molar refractivity (Wildman–Crippen MR) is 542 cm³/mol. The molecule has 7 aromatic carbocycles. The molecule has 0 saturated carbocycles. The van der Waals surface area contributed by atoms with Gasteiger partial charge in [-0.15, -0.1) is 0 Å². The Kier molecular flexibility index (Phi) is 35.2. The second-order valence-electron chi connectivity index (χ2n) is 36.8. The molecule has 42 heteroatoms. The van der Waals surface area contributed by atoms with Crippen LogP contribution in [0.25, 0.3) is 52.8 Å². The summed E-state index contributed by atoms with van der Waals surface area (Å²) in [4.78, 5) is 137. The van der Waals surface area contributed by atoms with E-state index in [-0.39, 0.29) is 106 Å². The van der Waals surface area contributed by atoms with Gasteiger partial charge in [-0.2, -0.15) is 0 Å². The summed E-state index contributed by atoms with van der Waals surface area (Å²) in [5, 5.41) is 34.1. The number of aromatic amines is 3. The first-order chi connectivity index (χ1) is 69.0. The number of benzene rings is 7. The van der Waals surface area contributed by atoms with Crippen molar-refractivity contribution in [3.05, 3.63) is 273 Å². The van der Waals surface area contributed by atoms with Gasteiger partial charge in [-0.1, -0.05) is 142 Å². The number of hydrogen-bond acceptors (Lipinski definition) is 28. The predicted octanol–water partition coefficient (Wildman–Crippen LogP) is 14.6. The van der Waals surface area contributed by atoms with Gasteiger partial charge in [0.1, 0.15) is 88.9 Å². The van der Waals surface area contributed by atoms with E-state index in [0.717, 1.165) is 50.2 Å². The molecule has 6 aliphatic heterocycles. The lowest BCUT2D eigenvalue weighted by Crippen LogP contribution is -2.43. The number of H-pyrrole nitrogens is 3. The molecular formula is C102H117N14O25P3. The summed E-state index contributed by atoms with van der Waals surface area (Å²) < 4.78 is 92.3. The zero-order chi connectivity index (χ0) is 104. The minimum Gasteiger partial charge on any atom is -0.449 e. The summed E-state index contributed by atoms with van der Waals surface area (Å²) in [6.07, 6.45) is 0.0540. The SMILES string of the molecule is CCCOP(O[C@H]1C2OC[C@@]1(CC)O[C@H]2n1cc(C#Cc2ccc3c4cccc5cccc(c6cccc2c63)c54)c(=O)[nH]c1=O)N(C(C)C)C(C)C.[C-]#[N+]CCOP(O[C@H]1C2OC[C@@]1(CC)O[C@H]2n1cc(C#CCNC(=O)c2ccc([N+](=O)[O-])cc2[N+](=O)[O-])c(=O)[nH]c1=O)N(C(C)C)C(C)C.[C-]#[N+]CCOP(O[C@H]1C2OC[C@@]1(CC)O[C@H]2n1cc(C#CCOC(=O)c2ccccc2)c(=O)[nH]c1=O)N(C(C)C)C(C)C. The van der Waals surface area contributed by atoms with Crippen molar-refractivity contribution < 1.29 is 79.7 Å². The maximum Gasteiger partial charge on any atom is 0.339 e. The molecule has 6 unspecified atom stereocenters. The van der Waals surface area contributed by atoms with E-state index in [9.17, 15) is 58.6 Å². The number of hydrogen-bond donors (Lipinski definition) is 4. The minimum atomic E-state index is -1.67. The summed E-state index contributed by atoms with van der Waals surface area (Å²) in [5.41, 5.74) is -7.17. The number of aromatic nitrogens is 6. The third kappa shape index (κ3) is 22.6. The van der Waals surface area contributed by atoms with Gasteiger partial charge in [0.2, 0.25) is 13.1 Å². The van der Waals surface area contributed by atoms with Crippen molar-refractivity contribution in [2.75, 3.05) is 65.9 Å². The van der Waals surface area contributed by atoms with E-state index >= 15 is 0 Å². The third-order valence-electron chi connectivity index (χ3n) is 25.6. The number of nitrogens with zero attached hydrogens (tertiary/aromatic N) is 10. The van der Waals surface area contributed by atoms with Crippen LogP contribution in [0.5, 0.6) is 0 Å². The minimum absolute atomic E-state index is 0.000250. The van der Waals surface area contributed by atoms with E-state index in [2.05, 4.69) is 202 Å². The van der Waals surface area contributed by atoms with Crippen LogP contribution < -0.4 is 39.1 Å². The van der Waals surface area contributed by atoms with Crippen LogP contribution in [0.4, 0.5) is 11.4 Å². The summed E-state index contributed by atoms with van der Waals surface area (Å²) >= 11 is 0. The van der Waals surface area contributed by atoms with Crippen molar-refractivity contribution in [3.63, 3.8) is 0 Å². The normalized spacial score (nSPS) is 22.3. The van der Waals surface area contributed by atoms with Crippen molar-refractivity contribution in [3.8, 4) is 35.5 Å². The lowest BCUT2D eigenvalue weighted by molar-refractivity contribution is -0.394. The highest BCUT2D eigenvalue weighted by molar-refractivity contribution is 7.45. The van der Waals surface area contributed by atoms with Gasteiger partial charge in [0, 0.05) is 66.5 Å². The molecule has 9 heterocycles. The van der Waals surface area contributed by atoms with Crippen molar-refractivity contribution >= 4 is 91.9 Å². The summed E-state index contributed by atoms with van der Waals surface area (Å²) in [6.45, 7) is 48.5. The van der Waals surface area contributed by atoms with Gasteiger partial charge < -0.3 is 75.3 Å². The van der Waals surface area contributed by atoms with Crippen LogP contribution in [0.1, 0.15) is 198 Å². The summed E-state index contributed by atoms with van der Waals surface area (Å²) in [5.74, 6) is 15.4. The number of rotatable bonds is 36. The van der Waals surface area contributed by atoms with Gasteiger partial charge >= 0.3 is 23.0 Å². The molecule has 16 rings (SSSR count). The second-order valence-corrected chi connectivity index (χ2v) is 41.0.